The lowest BCUT2D eigenvalue weighted by atomic mass is 10.1. The lowest BCUT2D eigenvalue weighted by molar-refractivity contribution is 0.0743. The summed E-state index contributed by atoms with van der Waals surface area (Å²) in [7, 11) is 0. The maximum atomic E-state index is 12.1. The highest BCUT2D eigenvalue weighted by atomic mass is 16.2. The summed E-state index contributed by atoms with van der Waals surface area (Å²) in [6, 6.07) is 2.89. The predicted molar refractivity (Wildman–Crippen MR) is 66.9 cm³/mol. The molecule has 0 aromatic carbocycles. The summed E-state index contributed by atoms with van der Waals surface area (Å²) >= 11 is 0. The number of aromatic nitrogens is 1. The standard InChI is InChI=1S/C12H19N3O2/c1-3-15(8-9(2)6-13)12(17)10-4-5-11(16)14-7-10/h4-5,7,9H,3,6,8,13H2,1-2H3,(H,14,16). The molecule has 0 spiro atoms. The van der Waals surface area contributed by atoms with Gasteiger partial charge in [0.25, 0.3) is 5.91 Å². The Hall–Kier alpha value is -1.62. The summed E-state index contributed by atoms with van der Waals surface area (Å²) in [6.07, 6.45) is 1.44. The largest absolute Gasteiger partial charge is 0.339 e. The first-order valence-corrected chi connectivity index (χ1v) is 5.76. The van der Waals surface area contributed by atoms with Crippen LogP contribution in [-0.4, -0.2) is 35.4 Å². The van der Waals surface area contributed by atoms with E-state index in [1.807, 2.05) is 13.8 Å². The fraction of sp³-hybridized carbons (Fsp3) is 0.500. The van der Waals surface area contributed by atoms with Crippen LogP contribution in [0.4, 0.5) is 0 Å². The zero-order valence-corrected chi connectivity index (χ0v) is 10.3. The minimum atomic E-state index is -0.208. The highest BCUT2D eigenvalue weighted by Gasteiger charge is 2.16. The molecule has 0 saturated carbocycles. The lowest BCUT2D eigenvalue weighted by Crippen LogP contribution is -2.36. The number of nitrogens with zero attached hydrogens (tertiary/aromatic N) is 1. The van der Waals surface area contributed by atoms with Crippen molar-refractivity contribution in [2.45, 2.75) is 13.8 Å². The van der Waals surface area contributed by atoms with Crippen molar-refractivity contribution in [2.24, 2.45) is 11.7 Å². The average molecular weight is 237 g/mol. The number of pyridine rings is 1. The number of rotatable bonds is 5. The van der Waals surface area contributed by atoms with E-state index >= 15 is 0 Å². The Kier molecular flexibility index (Phi) is 4.90. The van der Waals surface area contributed by atoms with Crippen LogP contribution >= 0.6 is 0 Å². The van der Waals surface area contributed by atoms with Crippen molar-refractivity contribution in [3.8, 4) is 0 Å². The van der Waals surface area contributed by atoms with E-state index in [4.69, 9.17) is 5.73 Å². The number of H-pyrrole nitrogens is 1. The molecule has 1 aromatic heterocycles. The molecule has 5 nitrogen and oxygen atoms in total. The number of hydrogen-bond donors (Lipinski definition) is 2. The molecule has 0 aliphatic rings. The van der Waals surface area contributed by atoms with Gasteiger partial charge in [0.1, 0.15) is 0 Å². The maximum Gasteiger partial charge on any atom is 0.255 e. The summed E-state index contributed by atoms with van der Waals surface area (Å²) in [5, 5.41) is 0. The van der Waals surface area contributed by atoms with Gasteiger partial charge in [-0.25, -0.2) is 0 Å². The SMILES string of the molecule is CCN(CC(C)CN)C(=O)c1ccc(=O)[nH]c1. The molecule has 5 heteroatoms. The fourth-order valence-electron chi connectivity index (χ4n) is 1.53. The van der Waals surface area contributed by atoms with Crippen LogP contribution in [0.2, 0.25) is 0 Å². The number of nitrogens with two attached hydrogens (primary N) is 1. The van der Waals surface area contributed by atoms with Gasteiger partial charge in [-0.15, -0.1) is 0 Å². The highest BCUT2D eigenvalue weighted by Crippen LogP contribution is 2.05. The topological polar surface area (TPSA) is 79.2 Å². The van der Waals surface area contributed by atoms with Crippen LogP contribution in [0.3, 0.4) is 0 Å². The monoisotopic (exact) mass is 237 g/mol. The van der Waals surface area contributed by atoms with Crippen LogP contribution in [0.15, 0.2) is 23.1 Å². The Morgan fingerprint density at radius 2 is 2.24 bits per heavy atom. The molecule has 1 aromatic rings. The molecule has 0 radical (unpaired) electrons. The third kappa shape index (κ3) is 3.71. The first-order chi connectivity index (χ1) is 8.08. The number of carbonyl (C=O) groups is 1. The third-order valence-electron chi connectivity index (χ3n) is 2.63. The normalized spacial score (nSPS) is 12.2. The second kappa shape index (κ2) is 6.20. The number of aromatic amines is 1. The van der Waals surface area contributed by atoms with Gasteiger partial charge in [0, 0.05) is 25.4 Å². The molecule has 3 N–H and O–H groups in total. The minimum Gasteiger partial charge on any atom is -0.339 e. The Morgan fingerprint density at radius 3 is 2.71 bits per heavy atom. The molecule has 1 unspecified atom stereocenters. The van der Waals surface area contributed by atoms with E-state index in [0.29, 0.717) is 25.2 Å². The van der Waals surface area contributed by atoms with Crippen molar-refractivity contribution in [1.82, 2.24) is 9.88 Å². The quantitative estimate of drug-likeness (QED) is 0.779. The first-order valence-electron chi connectivity index (χ1n) is 5.76. The molecule has 94 valence electrons. The molecular weight excluding hydrogens is 218 g/mol. The summed E-state index contributed by atoms with van der Waals surface area (Å²) in [6.45, 7) is 5.73. The maximum absolute atomic E-state index is 12.1. The van der Waals surface area contributed by atoms with Crippen LogP contribution in [-0.2, 0) is 0 Å². The van der Waals surface area contributed by atoms with E-state index < -0.39 is 0 Å². The van der Waals surface area contributed by atoms with Gasteiger partial charge in [0.2, 0.25) is 5.56 Å². The van der Waals surface area contributed by atoms with Gasteiger partial charge in [-0.3, -0.25) is 9.59 Å². The number of amides is 1. The van der Waals surface area contributed by atoms with Gasteiger partial charge >= 0.3 is 0 Å². The van der Waals surface area contributed by atoms with Crippen molar-refractivity contribution in [3.05, 3.63) is 34.2 Å². The van der Waals surface area contributed by atoms with Gasteiger partial charge in [-0.05, 0) is 25.5 Å². The Balaban J connectivity index is 2.78. The van der Waals surface area contributed by atoms with Crippen molar-refractivity contribution >= 4 is 5.91 Å². The molecular formula is C12H19N3O2. The Labute approximate surface area is 101 Å². The minimum absolute atomic E-state index is 0.0796. The van der Waals surface area contributed by atoms with Gasteiger partial charge in [-0.2, -0.15) is 0 Å². The van der Waals surface area contributed by atoms with Crippen LogP contribution in [0, 0.1) is 5.92 Å². The summed E-state index contributed by atoms with van der Waals surface area (Å²) < 4.78 is 0. The van der Waals surface area contributed by atoms with E-state index in [9.17, 15) is 9.59 Å². The Bertz CT molecular complexity index is 408. The van der Waals surface area contributed by atoms with Gasteiger partial charge in [-0.1, -0.05) is 6.92 Å². The molecule has 1 atom stereocenters. The summed E-state index contributed by atoms with van der Waals surface area (Å²) in [5.74, 6) is 0.186. The van der Waals surface area contributed by atoms with Crippen LogP contribution in [0.5, 0.6) is 0 Å². The Morgan fingerprint density at radius 1 is 1.53 bits per heavy atom. The molecule has 0 aliphatic carbocycles. The van der Waals surface area contributed by atoms with Crippen LogP contribution in [0.25, 0.3) is 0 Å². The number of hydrogen-bond acceptors (Lipinski definition) is 3. The zero-order valence-electron chi connectivity index (χ0n) is 10.3. The smallest absolute Gasteiger partial charge is 0.255 e. The molecule has 0 saturated heterocycles. The van der Waals surface area contributed by atoms with Gasteiger partial charge < -0.3 is 15.6 Å². The van der Waals surface area contributed by atoms with Crippen molar-refractivity contribution in [2.75, 3.05) is 19.6 Å². The van der Waals surface area contributed by atoms with Crippen molar-refractivity contribution in [3.63, 3.8) is 0 Å². The average Bonchev–Trinajstić information content (AvgIpc) is 2.35. The number of nitrogens with one attached hydrogen (secondary N) is 1. The summed E-state index contributed by atoms with van der Waals surface area (Å²) in [5.41, 5.74) is 5.84. The molecule has 0 bridgehead atoms. The van der Waals surface area contributed by atoms with E-state index in [2.05, 4.69) is 4.98 Å². The lowest BCUT2D eigenvalue weighted by Gasteiger charge is -2.23. The zero-order chi connectivity index (χ0) is 12.8. The molecule has 1 amide bonds. The third-order valence-corrected chi connectivity index (χ3v) is 2.63. The molecule has 1 rings (SSSR count). The molecule has 0 fully saturated rings. The molecule has 1 heterocycles. The second-order valence-electron chi connectivity index (χ2n) is 4.13. The second-order valence-corrected chi connectivity index (χ2v) is 4.13. The van der Waals surface area contributed by atoms with Gasteiger partial charge in [0.15, 0.2) is 0 Å². The summed E-state index contributed by atoms with van der Waals surface area (Å²) in [4.78, 5) is 27.2. The molecule has 17 heavy (non-hydrogen) atoms. The number of carbonyl (C=O) groups excluding carboxylic acids is 1. The van der Waals surface area contributed by atoms with E-state index in [1.54, 1.807) is 4.90 Å². The van der Waals surface area contributed by atoms with Crippen LogP contribution in [0.1, 0.15) is 24.2 Å². The fourth-order valence-corrected chi connectivity index (χ4v) is 1.53. The first kappa shape index (κ1) is 13.4. The van der Waals surface area contributed by atoms with Gasteiger partial charge in [0.05, 0.1) is 5.56 Å². The molecule has 0 aliphatic heterocycles. The highest BCUT2D eigenvalue weighted by molar-refractivity contribution is 5.93. The van der Waals surface area contributed by atoms with Crippen LogP contribution < -0.4 is 11.3 Å². The van der Waals surface area contributed by atoms with Crippen molar-refractivity contribution in [1.29, 1.82) is 0 Å². The van der Waals surface area contributed by atoms with E-state index in [1.165, 1.54) is 18.3 Å². The van der Waals surface area contributed by atoms with E-state index in [-0.39, 0.29) is 17.4 Å². The van der Waals surface area contributed by atoms with Crippen molar-refractivity contribution < 1.29 is 4.79 Å². The van der Waals surface area contributed by atoms with E-state index in [0.717, 1.165) is 0 Å². The predicted octanol–water partition coefficient (Wildman–Crippen LogP) is 0.432.